The molecule has 0 aromatic carbocycles. The van der Waals surface area contributed by atoms with Gasteiger partial charge in [0.05, 0.1) is 6.04 Å². The minimum absolute atomic E-state index is 0.0254. The van der Waals surface area contributed by atoms with Crippen molar-refractivity contribution in [2.75, 3.05) is 0 Å². The van der Waals surface area contributed by atoms with E-state index < -0.39 is 0 Å². The SMILES string of the molecule is Cc1cc(C(NN)c2sccc2C)c(C)o1. The van der Waals surface area contributed by atoms with Gasteiger partial charge < -0.3 is 4.42 Å². The van der Waals surface area contributed by atoms with Crippen LogP contribution >= 0.6 is 11.3 Å². The Bertz CT molecular complexity index is 487. The monoisotopic (exact) mass is 236 g/mol. The molecule has 1 atom stereocenters. The van der Waals surface area contributed by atoms with Crippen LogP contribution in [-0.2, 0) is 0 Å². The first kappa shape index (κ1) is 11.4. The smallest absolute Gasteiger partial charge is 0.106 e. The third-order valence-corrected chi connectivity index (χ3v) is 3.80. The van der Waals surface area contributed by atoms with Crippen molar-refractivity contribution in [3.63, 3.8) is 0 Å². The summed E-state index contributed by atoms with van der Waals surface area (Å²) in [5.74, 6) is 7.50. The highest BCUT2D eigenvalue weighted by Gasteiger charge is 2.20. The first-order valence-electron chi connectivity index (χ1n) is 5.20. The standard InChI is InChI=1S/C12H16N2OS/c1-7-4-5-16-12(7)11(14-13)10-6-8(2)15-9(10)3/h4-6,11,14H,13H2,1-3H3. The number of rotatable bonds is 3. The van der Waals surface area contributed by atoms with Crippen LogP contribution in [0.4, 0.5) is 0 Å². The van der Waals surface area contributed by atoms with E-state index in [4.69, 9.17) is 10.3 Å². The lowest BCUT2D eigenvalue weighted by atomic mass is 10.0. The number of hydrazine groups is 1. The molecular weight excluding hydrogens is 220 g/mol. The van der Waals surface area contributed by atoms with Crippen LogP contribution in [0.25, 0.3) is 0 Å². The Balaban J connectivity index is 2.44. The van der Waals surface area contributed by atoms with Crippen LogP contribution in [-0.4, -0.2) is 0 Å². The van der Waals surface area contributed by atoms with E-state index in [1.165, 1.54) is 10.4 Å². The van der Waals surface area contributed by atoms with Crippen LogP contribution in [0.2, 0.25) is 0 Å². The number of aryl methyl sites for hydroxylation is 3. The van der Waals surface area contributed by atoms with Gasteiger partial charge in [-0.25, -0.2) is 5.43 Å². The molecule has 16 heavy (non-hydrogen) atoms. The maximum absolute atomic E-state index is 5.66. The lowest BCUT2D eigenvalue weighted by molar-refractivity contribution is 0.495. The van der Waals surface area contributed by atoms with E-state index in [0.717, 1.165) is 17.1 Å². The summed E-state index contributed by atoms with van der Waals surface area (Å²) in [6, 6.07) is 4.17. The fraction of sp³-hybridized carbons (Fsp3) is 0.333. The molecule has 0 amide bonds. The number of nitrogens with one attached hydrogen (secondary N) is 1. The molecule has 2 rings (SSSR count). The zero-order valence-corrected chi connectivity index (χ0v) is 10.5. The third-order valence-electron chi connectivity index (χ3n) is 2.72. The Hall–Kier alpha value is -1.10. The second kappa shape index (κ2) is 4.41. The third kappa shape index (κ3) is 1.91. The molecule has 0 fully saturated rings. The van der Waals surface area contributed by atoms with Gasteiger partial charge in [-0.1, -0.05) is 0 Å². The topological polar surface area (TPSA) is 51.2 Å². The highest BCUT2D eigenvalue weighted by atomic mass is 32.1. The molecule has 4 heteroatoms. The molecule has 3 nitrogen and oxygen atoms in total. The molecule has 3 N–H and O–H groups in total. The van der Waals surface area contributed by atoms with E-state index in [-0.39, 0.29) is 6.04 Å². The summed E-state index contributed by atoms with van der Waals surface area (Å²) < 4.78 is 5.54. The first-order valence-corrected chi connectivity index (χ1v) is 6.08. The second-order valence-corrected chi connectivity index (χ2v) is 4.88. The van der Waals surface area contributed by atoms with Gasteiger partial charge in [0.2, 0.25) is 0 Å². The summed E-state index contributed by atoms with van der Waals surface area (Å²) in [5, 5.41) is 2.08. The molecule has 2 heterocycles. The average Bonchev–Trinajstić information content (AvgIpc) is 2.77. The average molecular weight is 236 g/mol. The number of thiophene rings is 1. The lowest BCUT2D eigenvalue weighted by Gasteiger charge is -2.14. The number of furan rings is 1. The molecule has 0 aliphatic carbocycles. The van der Waals surface area contributed by atoms with Crippen molar-refractivity contribution in [1.29, 1.82) is 0 Å². The van der Waals surface area contributed by atoms with Gasteiger partial charge in [0.15, 0.2) is 0 Å². The van der Waals surface area contributed by atoms with Gasteiger partial charge in [-0.2, -0.15) is 0 Å². The van der Waals surface area contributed by atoms with Gasteiger partial charge in [-0.05, 0) is 43.8 Å². The molecule has 2 aromatic rings. The van der Waals surface area contributed by atoms with Crippen molar-refractivity contribution in [2.45, 2.75) is 26.8 Å². The van der Waals surface area contributed by atoms with E-state index in [1.54, 1.807) is 11.3 Å². The second-order valence-electron chi connectivity index (χ2n) is 3.94. The van der Waals surface area contributed by atoms with Crippen LogP contribution in [0, 0.1) is 20.8 Å². The minimum Gasteiger partial charge on any atom is -0.466 e. The number of hydrogen-bond acceptors (Lipinski definition) is 4. The normalized spacial score (nSPS) is 13.0. The molecule has 0 aliphatic heterocycles. The van der Waals surface area contributed by atoms with Gasteiger partial charge in [-0.15, -0.1) is 11.3 Å². The van der Waals surface area contributed by atoms with E-state index in [1.807, 2.05) is 19.9 Å². The summed E-state index contributed by atoms with van der Waals surface area (Å²) in [6.45, 7) is 6.01. The number of hydrogen-bond donors (Lipinski definition) is 2. The summed E-state index contributed by atoms with van der Waals surface area (Å²) in [6.07, 6.45) is 0. The van der Waals surface area contributed by atoms with Crippen LogP contribution in [0.15, 0.2) is 21.9 Å². The maximum atomic E-state index is 5.66. The molecular formula is C12H16N2OS. The first-order chi connectivity index (χ1) is 7.63. The van der Waals surface area contributed by atoms with Crippen molar-refractivity contribution in [1.82, 2.24) is 5.43 Å². The van der Waals surface area contributed by atoms with Crippen LogP contribution < -0.4 is 11.3 Å². The summed E-state index contributed by atoms with van der Waals surface area (Å²) in [5.41, 5.74) is 5.24. The molecule has 0 aliphatic rings. The van der Waals surface area contributed by atoms with E-state index in [2.05, 4.69) is 23.8 Å². The van der Waals surface area contributed by atoms with Crippen LogP contribution in [0.5, 0.6) is 0 Å². The van der Waals surface area contributed by atoms with Crippen molar-refractivity contribution < 1.29 is 4.42 Å². The highest BCUT2D eigenvalue weighted by molar-refractivity contribution is 7.10. The van der Waals surface area contributed by atoms with Crippen molar-refractivity contribution in [2.24, 2.45) is 5.84 Å². The van der Waals surface area contributed by atoms with Gasteiger partial charge in [-0.3, -0.25) is 5.84 Å². The predicted molar refractivity (Wildman–Crippen MR) is 66.4 cm³/mol. The lowest BCUT2D eigenvalue weighted by Crippen LogP contribution is -2.28. The predicted octanol–water partition coefficient (Wildman–Crippen LogP) is 2.82. The molecule has 0 bridgehead atoms. The maximum Gasteiger partial charge on any atom is 0.106 e. The zero-order chi connectivity index (χ0) is 11.7. The molecule has 0 saturated carbocycles. The van der Waals surface area contributed by atoms with E-state index in [0.29, 0.717) is 0 Å². The Morgan fingerprint density at radius 2 is 2.12 bits per heavy atom. The highest BCUT2D eigenvalue weighted by Crippen LogP contribution is 2.31. The summed E-state index contributed by atoms with van der Waals surface area (Å²) in [7, 11) is 0. The van der Waals surface area contributed by atoms with Crippen LogP contribution in [0.3, 0.4) is 0 Å². The molecule has 0 spiro atoms. The fourth-order valence-corrected chi connectivity index (χ4v) is 2.93. The van der Waals surface area contributed by atoms with Crippen molar-refractivity contribution >= 4 is 11.3 Å². The van der Waals surface area contributed by atoms with Gasteiger partial charge in [0.25, 0.3) is 0 Å². The Labute approximate surface area is 99.2 Å². The van der Waals surface area contributed by atoms with Crippen molar-refractivity contribution in [3.8, 4) is 0 Å². The molecule has 1 unspecified atom stereocenters. The molecule has 86 valence electrons. The Kier molecular flexibility index (Phi) is 3.14. The molecule has 0 saturated heterocycles. The zero-order valence-electron chi connectivity index (χ0n) is 9.70. The van der Waals surface area contributed by atoms with Crippen LogP contribution in [0.1, 0.15) is 33.6 Å². The van der Waals surface area contributed by atoms with E-state index >= 15 is 0 Å². The summed E-state index contributed by atoms with van der Waals surface area (Å²) in [4.78, 5) is 1.24. The number of nitrogens with two attached hydrogens (primary N) is 1. The molecule has 0 radical (unpaired) electrons. The van der Waals surface area contributed by atoms with Gasteiger partial charge >= 0.3 is 0 Å². The molecule has 2 aromatic heterocycles. The van der Waals surface area contributed by atoms with Gasteiger partial charge in [0.1, 0.15) is 11.5 Å². The Morgan fingerprint density at radius 1 is 1.38 bits per heavy atom. The van der Waals surface area contributed by atoms with Gasteiger partial charge in [0, 0.05) is 10.4 Å². The minimum atomic E-state index is 0.0254. The quantitative estimate of drug-likeness (QED) is 0.636. The Morgan fingerprint density at radius 3 is 2.56 bits per heavy atom. The largest absolute Gasteiger partial charge is 0.466 e. The fourth-order valence-electron chi connectivity index (χ4n) is 1.92. The van der Waals surface area contributed by atoms with Crippen molar-refractivity contribution in [3.05, 3.63) is 45.0 Å². The summed E-state index contributed by atoms with van der Waals surface area (Å²) >= 11 is 1.71. The van der Waals surface area contributed by atoms with E-state index in [9.17, 15) is 0 Å².